The Kier molecular flexibility index (Phi) is 8.89. The van der Waals surface area contributed by atoms with Crippen molar-refractivity contribution in [1.82, 2.24) is 0 Å². The van der Waals surface area contributed by atoms with Crippen molar-refractivity contribution < 1.29 is 107 Å². The molecule has 2 aromatic rings. The molecule has 2 heterocycles. The molecule has 2 nitrogen and oxygen atoms in total. The van der Waals surface area contributed by atoms with Crippen LogP contribution in [0.3, 0.4) is 0 Å². The minimum atomic E-state index is 0. The Morgan fingerprint density at radius 2 is 1.04 bits per heavy atom. The van der Waals surface area contributed by atoms with E-state index in [2.05, 4.69) is 76.7 Å². The monoisotopic (exact) mass is 560 g/mol. The number of hydrogen-bond donors (Lipinski definition) is 0. The molecule has 123 valence electrons. The van der Waals surface area contributed by atoms with Crippen LogP contribution in [0.4, 0.5) is 0 Å². The quantitative estimate of drug-likeness (QED) is 0.342. The molecule has 25 heavy (non-hydrogen) atoms. The first-order valence-electron chi connectivity index (χ1n) is 8.10. The third-order valence-electron chi connectivity index (χ3n) is 5.36. The van der Waals surface area contributed by atoms with Crippen molar-refractivity contribution in [2.45, 2.75) is 19.0 Å². The van der Waals surface area contributed by atoms with E-state index in [9.17, 15) is 0 Å². The van der Waals surface area contributed by atoms with Crippen LogP contribution in [0.15, 0.2) is 48.5 Å². The molecule has 2 aromatic carbocycles. The summed E-state index contributed by atoms with van der Waals surface area (Å²) in [5, 5.41) is 0. The summed E-state index contributed by atoms with van der Waals surface area (Å²) in [6, 6.07) is 18.0. The normalized spacial score (nSPS) is 19.8. The van der Waals surface area contributed by atoms with Crippen molar-refractivity contribution in [3.63, 3.8) is 0 Å². The van der Waals surface area contributed by atoms with Crippen molar-refractivity contribution in [3.05, 3.63) is 77.0 Å². The average Bonchev–Trinajstić information content (AvgIpc) is 2.44. The zero-order valence-corrected chi connectivity index (χ0v) is 24.3. The first-order valence-corrected chi connectivity index (χ1v) is 8.10. The second-order valence-corrected chi connectivity index (χ2v) is 7.88. The van der Waals surface area contributed by atoms with Crippen molar-refractivity contribution in [2.75, 3.05) is 28.2 Å². The zero-order valence-electron chi connectivity index (χ0n) is 15.7. The molecule has 0 saturated heterocycles. The zero-order chi connectivity index (χ0) is 15.5. The largest absolute Gasteiger partial charge is 0.405 e. The van der Waals surface area contributed by atoms with E-state index in [1.165, 1.54) is 22.3 Å². The predicted molar refractivity (Wildman–Crippen MR) is 89.6 cm³/mol. The third kappa shape index (κ3) is 4.33. The Balaban J connectivity index is 0.00000104. The Morgan fingerprint density at radius 1 is 0.680 bits per heavy atom. The van der Waals surface area contributed by atoms with Gasteiger partial charge in [-0.05, 0) is 5.92 Å². The summed E-state index contributed by atoms with van der Waals surface area (Å²) in [6.45, 7) is 2.18. The van der Waals surface area contributed by atoms with Gasteiger partial charge in [-0.15, -0.1) is 0 Å². The van der Waals surface area contributed by atoms with Gasteiger partial charge in [-0.2, -0.15) is 0 Å². The van der Waals surface area contributed by atoms with Gasteiger partial charge < -0.3 is 8.97 Å². The van der Waals surface area contributed by atoms with Crippen LogP contribution in [0.2, 0.25) is 0 Å². The summed E-state index contributed by atoms with van der Waals surface area (Å²) in [6.07, 6.45) is 1.61. The molecule has 0 amide bonds. The summed E-state index contributed by atoms with van der Waals surface area (Å²) in [5.74, 6) is 0.417. The van der Waals surface area contributed by atoms with Gasteiger partial charge in [0.15, 0.2) is 0 Å². The van der Waals surface area contributed by atoms with E-state index in [-0.39, 0.29) is 98.1 Å². The fourth-order valence-electron chi connectivity index (χ4n) is 4.81. The number of quaternary nitrogens is 2. The molecule has 0 fully saturated rings. The summed E-state index contributed by atoms with van der Waals surface area (Å²) in [4.78, 5) is 0. The molecule has 0 aliphatic carbocycles. The number of nitrogens with zero attached hydrogens (tertiary/aromatic N) is 2. The molecule has 4 rings (SSSR count). The molecular formula is C20H25N2Y3+. The minimum absolute atomic E-state index is 0. The first kappa shape index (κ1) is 24.7. The molecule has 2 aliphatic heterocycles. The number of benzene rings is 2. The predicted octanol–water partition coefficient (Wildman–Crippen LogP) is 3.48. The van der Waals surface area contributed by atoms with E-state index in [1.54, 1.807) is 6.17 Å². The van der Waals surface area contributed by atoms with Crippen molar-refractivity contribution in [2.24, 2.45) is 0 Å². The standard InChI is InChI=1S/C20H25N2.3Y/c1-21(2)13-15-9-5-7-11-17(15)19-18-12-8-6-10-16(18)14-22(3,4)20(19)21;;;/h5-12,19H,13-14H2,1-4H3;;;/q+1;;;. The number of likely N-dealkylation sites (N-methyl/N-ethyl adjacent to an activating group) is 2. The summed E-state index contributed by atoms with van der Waals surface area (Å²) in [5.41, 5.74) is 6.01. The molecule has 2 aliphatic rings. The van der Waals surface area contributed by atoms with Gasteiger partial charge in [0, 0.05) is 137 Å². The minimum Gasteiger partial charge on any atom is -0.405 e. The second-order valence-electron chi connectivity index (χ2n) is 7.88. The summed E-state index contributed by atoms with van der Waals surface area (Å²) >= 11 is 0. The molecule has 0 atom stereocenters. The number of fused-ring (bicyclic) bond motifs is 5. The van der Waals surface area contributed by atoms with Gasteiger partial charge >= 0.3 is 0 Å². The van der Waals surface area contributed by atoms with Gasteiger partial charge in [0.05, 0.1) is 19.3 Å². The Morgan fingerprint density at radius 3 is 1.44 bits per heavy atom. The summed E-state index contributed by atoms with van der Waals surface area (Å²) in [7, 11) is 9.47. The molecule has 0 saturated carbocycles. The maximum Gasteiger partial charge on any atom is 0.0843 e. The number of rotatable bonds is 0. The van der Waals surface area contributed by atoms with Crippen LogP contribution in [-0.4, -0.2) is 37.2 Å². The molecule has 5 heteroatoms. The first-order chi connectivity index (χ1) is 10.4. The number of hydrogen-bond acceptors (Lipinski definition) is 0. The molecule has 0 bridgehead atoms. The van der Waals surface area contributed by atoms with Crippen molar-refractivity contribution in [3.8, 4) is 0 Å². The Hall–Kier alpha value is 1.67. The summed E-state index contributed by atoms with van der Waals surface area (Å²) < 4.78 is 1.95. The maximum atomic E-state index is 2.37. The molecule has 0 N–H and O–H groups in total. The SMILES string of the molecule is C[N+]1(C)Cc2ccccc2C2c3ccccc3C[N+](C)(C)[C-]21.[Y].[Y].[Y]. The van der Waals surface area contributed by atoms with E-state index in [1.807, 2.05) is 0 Å². The smallest absolute Gasteiger partial charge is 0.0843 e. The van der Waals surface area contributed by atoms with Gasteiger partial charge in [-0.3, -0.25) is 0 Å². The third-order valence-corrected chi connectivity index (χ3v) is 5.36. The topological polar surface area (TPSA) is 0 Å². The molecular weight excluding hydrogens is 535 g/mol. The van der Waals surface area contributed by atoms with E-state index in [0.29, 0.717) is 5.92 Å². The van der Waals surface area contributed by atoms with Crippen LogP contribution in [0.5, 0.6) is 0 Å². The van der Waals surface area contributed by atoms with Gasteiger partial charge in [0.25, 0.3) is 0 Å². The van der Waals surface area contributed by atoms with Crippen LogP contribution < -0.4 is 0 Å². The van der Waals surface area contributed by atoms with Crippen molar-refractivity contribution in [1.29, 1.82) is 0 Å². The van der Waals surface area contributed by atoms with E-state index < -0.39 is 0 Å². The maximum absolute atomic E-state index is 2.37. The van der Waals surface area contributed by atoms with Crippen LogP contribution in [0.25, 0.3) is 0 Å². The Labute approximate surface area is 227 Å². The van der Waals surface area contributed by atoms with Crippen molar-refractivity contribution >= 4 is 0 Å². The van der Waals surface area contributed by atoms with Gasteiger partial charge in [0.2, 0.25) is 0 Å². The average molecular weight is 560 g/mol. The van der Waals surface area contributed by atoms with E-state index in [4.69, 9.17) is 0 Å². The fraction of sp³-hybridized carbons (Fsp3) is 0.350. The second kappa shape index (κ2) is 9.00. The van der Waals surface area contributed by atoms with Crippen LogP contribution in [0, 0.1) is 6.17 Å². The fourth-order valence-corrected chi connectivity index (χ4v) is 4.81. The molecule has 0 aromatic heterocycles. The van der Waals surface area contributed by atoms with Crippen LogP contribution in [0.1, 0.15) is 28.2 Å². The molecule has 0 spiro atoms. The van der Waals surface area contributed by atoms with Crippen LogP contribution in [-0.2, 0) is 111 Å². The van der Waals surface area contributed by atoms with Gasteiger partial charge in [-0.25, -0.2) is 0 Å². The Bertz CT molecular complexity index is 682. The van der Waals surface area contributed by atoms with Gasteiger partial charge in [-0.1, -0.05) is 59.7 Å². The molecule has 3 radical (unpaired) electrons. The molecule has 0 unspecified atom stereocenters. The van der Waals surface area contributed by atoms with Gasteiger partial charge in [0.1, 0.15) is 0 Å². The van der Waals surface area contributed by atoms with Crippen LogP contribution >= 0.6 is 0 Å². The van der Waals surface area contributed by atoms with E-state index in [0.717, 1.165) is 22.1 Å². The van der Waals surface area contributed by atoms with E-state index >= 15 is 0 Å².